The lowest BCUT2D eigenvalue weighted by Crippen LogP contribution is -2.37. The Hall–Kier alpha value is -1.59. The molecule has 0 bridgehead atoms. The second-order valence-corrected chi connectivity index (χ2v) is 6.03. The number of ether oxygens (including phenoxy) is 1. The van der Waals surface area contributed by atoms with E-state index in [0.717, 1.165) is 38.2 Å². The molecule has 0 radical (unpaired) electrons. The smallest absolute Gasteiger partial charge is 0.231 e. The first-order chi connectivity index (χ1) is 10.1. The van der Waals surface area contributed by atoms with Crippen LogP contribution in [0.25, 0.3) is 0 Å². The van der Waals surface area contributed by atoms with Gasteiger partial charge in [-0.2, -0.15) is 0 Å². The number of anilines is 1. The average molecular weight is 289 g/mol. The normalized spacial score (nSPS) is 25.6. The van der Waals surface area contributed by atoms with E-state index >= 15 is 0 Å². The Balaban J connectivity index is 1.70. The first-order valence-electron chi connectivity index (χ1n) is 7.62. The van der Waals surface area contributed by atoms with Gasteiger partial charge in [-0.25, -0.2) is 0 Å². The second-order valence-electron chi connectivity index (χ2n) is 6.03. The van der Waals surface area contributed by atoms with E-state index in [4.69, 9.17) is 10.5 Å². The molecule has 0 aliphatic carbocycles. The molecule has 114 valence electrons. The fraction of sp³-hybridized carbons (Fsp3) is 0.562. The minimum atomic E-state index is -0.260. The van der Waals surface area contributed by atoms with Gasteiger partial charge in [0.2, 0.25) is 5.91 Å². The van der Waals surface area contributed by atoms with Gasteiger partial charge in [-0.3, -0.25) is 9.69 Å². The first-order valence-corrected chi connectivity index (χ1v) is 7.62. The average Bonchev–Trinajstić information content (AvgIpc) is 2.83. The molecular weight excluding hydrogens is 266 g/mol. The highest BCUT2D eigenvalue weighted by atomic mass is 16.5. The van der Waals surface area contributed by atoms with Crippen molar-refractivity contribution >= 4 is 11.6 Å². The van der Waals surface area contributed by atoms with Crippen LogP contribution in [0.3, 0.4) is 0 Å². The number of carbonyl (C=O) groups is 1. The molecule has 1 fully saturated rings. The zero-order chi connectivity index (χ0) is 14.8. The van der Waals surface area contributed by atoms with Crippen molar-refractivity contribution < 1.29 is 9.53 Å². The standard InChI is InChI=1S/C16H23N3O2/c1-11-15(5-7-21-11)18-14-3-2-12-4-6-19(10-16(17)20)9-13(12)8-14/h2-3,8,11,15,18H,4-7,9-10H2,1H3,(H2,17,20)/t11-,15+/m1/s1. The van der Waals surface area contributed by atoms with Crippen molar-refractivity contribution in [2.24, 2.45) is 5.73 Å². The van der Waals surface area contributed by atoms with E-state index in [1.54, 1.807) is 0 Å². The van der Waals surface area contributed by atoms with Crippen LogP contribution in [0.4, 0.5) is 5.69 Å². The summed E-state index contributed by atoms with van der Waals surface area (Å²) in [4.78, 5) is 13.2. The lowest BCUT2D eigenvalue weighted by atomic mass is 9.98. The van der Waals surface area contributed by atoms with Crippen molar-refractivity contribution in [3.8, 4) is 0 Å². The second kappa shape index (κ2) is 6.03. The SMILES string of the molecule is C[C@H]1OCC[C@@H]1Nc1ccc2c(c1)CN(CC(N)=O)CC2. The molecule has 21 heavy (non-hydrogen) atoms. The van der Waals surface area contributed by atoms with Crippen molar-refractivity contribution in [3.05, 3.63) is 29.3 Å². The molecule has 5 nitrogen and oxygen atoms in total. The number of nitrogens with zero attached hydrogens (tertiary/aromatic N) is 1. The van der Waals surface area contributed by atoms with Gasteiger partial charge in [-0.05, 0) is 43.0 Å². The van der Waals surface area contributed by atoms with E-state index in [9.17, 15) is 4.79 Å². The Bertz CT molecular complexity index is 532. The summed E-state index contributed by atoms with van der Waals surface area (Å²) in [6.45, 7) is 4.97. The van der Waals surface area contributed by atoms with Gasteiger partial charge >= 0.3 is 0 Å². The summed E-state index contributed by atoms with van der Waals surface area (Å²) in [5, 5.41) is 3.56. The highest BCUT2D eigenvalue weighted by Crippen LogP contribution is 2.25. The topological polar surface area (TPSA) is 67.6 Å². The minimum absolute atomic E-state index is 0.257. The number of primary amides is 1. The highest BCUT2D eigenvalue weighted by Gasteiger charge is 2.24. The molecule has 1 amide bonds. The lowest BCUT2D eigenvalue weighted by molar-refractivity contribution is -0.119. The summed E-state index contributed by atoms with van der Waals surface area (Å²) in [6, 6.07) is 6.93. The lowest BCUT2D eigenvalue weighted by Gasteiger charge is -2.28. The van der Waals surface area contributed by atoms with Gasteiger partial charge in [0.05, 0.1) is 18.7 Å². The van der Waals surface area contributed by atoms with E-state index in [-0.39, 0.29) is 12.0 Å². The van der Waals surface area contributed by atoms with Gasteiger partial charge < -0.3 is 15.8 Å². The molecule has 2 heterocycles. The van der Waals surface area contributed by atoms with Crippen LogP contribution in [0.2, 0.25) is 0 Å². The van der Waals surface area contributed by atoms with Crippen molar-refractivity contribution in [1.82, 2.24) is 4.90 Å². The maximum atomic E-state index is 11.1. The predicted octanol–water partition coefficient (Wildman–Crippen LogP) is 1.12. The zero-order valence-electron chi connectivity index (χ0n) is 12.5. The molecule has 1 saturated heterocycles. The molecule has 5 heteroatoms. The molecule has 2 aliphatic rings. The number of amides is 1. The molecule has 2 atom stereocenters. The van der Waals surface area contributed by atoms with Crippen molar-refractivity contribution in [1.29, 1.82) is 0 Å². The molecule has 0 spiro atoms. The monoisotopic (exact) mass is 289 g/mol. The molecule has 1 aromatic rings. The maximum absolute atomic E-state index is 11.1. The Kier molecular flexibility index (Phi) is 4.12. The number of carbonyl (C=O) groups excluding carboxylic acids is 1. The number of benzene rings is 1. The Morgan fingerprint density at radius 1 is 1.48 bits per heavy atom. The minimum Gasteiger partial charge on any atom is -0.380 e. The summed E-state index contributed by atoms with van der Waals surface area (Å²) in [7, 11) is 0. The molecule has 0 aromatic heterocycles. The number of fused-ring (bicyclic) bond motifs is 1. The first kappa shape index (κ1) is 14.4. The summed E-state index contributed by atoms with van der Waals surface area (Å²) in [5.74, 6) is -0.260. The van der Waals surface area contributed by atoms with Crippen LogP contribution in [0.15, 0.2) is 18.2 Å². The van der Waals surface area contributed by atoms with E-state index in [2.05, 4.69) is 35.3 Å². The van der Waals surface area contributed by atoms with Crippen LogP contribution in [-0.2, 0) is 22.5 Å². The molecule has 1 aromatic carbocycles. The van der Waals surface area contributed by atoms with Crippen molar-refractivity contribution in [2.45, 2.75) is 38.5 Å². The Morgan fingerprint density at radius 2 is 2.33 bits per heavy atom. The van der Waals surface area contributed by atoms with Gasteiger partial charge in [-0.15, -0.1) is 0 Å². The summed E-state index contributed by atoms with van der Waals surface area (Å²) < 4.78 is 5.59. The molecule has 2 aliphatic heterocycles. The van der Waals surface area contributed by atoms with Crippen LogP contribution >= 0.6 is 0 Å². The van der Waals surface area contributed by atoms with Gasteiger partial charge in [-0.1, -0.05) is 6.07 Å². The number of nitrogens with two attached hydrogens (primary N) is 1. The van der Waals surface area contributed by atoms with E-state index in [1.165, 1.54) is 11.1 Å². The number of nitrogens with one attached hydrogen (secondary N) is 1. The summed E-state index contributed by atoms with van der Waals surface area (Å²) in [5.41, 5.74) is 9.09. The number of rotatable bonds is 4. The van der Waals surface area contributed by atoms with Gasteiger partial charge in [0, 0.05) is 25.4 Å². The fourth-order valence-electron chi connectivity index (χ4n) is 3.20. The molecule has 3 N–H and O–H groups in total. The number of hydrogen-bond donors (Lipinski definition) is 2. The van der Waals surface area contributed by atoms with Crippen LogP contribution in [0.1, 0.15) is 24.5 Å². The van der Waals surface area contributed by atoms with E-state index < -0.39 is 0 Å². The van der Waals surface area contributed by atoms with Crippen molar-refractivity contribution in [3.63, 3.8) is 0 Å². The van der Waals surface area contributed by atoms with Crippen LogP contribution in [0.5, 0.6) is 0 Å². The fourth-order valence-corrected chi connectivity index (χ4v) is 3.20. The van der Waals surface area contributed by atoms with Crippen LogP contribution in [0, 0.1) is 0 Å². The number of hydrogen-bond acceptors (Lipinski definition) is 4. The predicted molar refractivity (Wildman–Crippen MR) is 82.1 cm³/mol. The quantitative estimate of drug-likeness (QED) is 0.871. The van der Waals surface area contributed by atoms with Gasteiger partial charge in [0.15, 0.2) is 0 Å². The zero-order valence-corrected chi connectivity index (χ0v) is 12.5. The highest BCUT2D eigenvalue weighted by molar-refractivity contribution is 5.76. The van der Waals surface area contributed by atoms with Crippen LogP contribution in [-0.4, -0.2) is 42.6 Å². The third-order valence-corrected chi connectivity index (χ3v) is 4.41. The van der Waals surface area contributed by atoms with E-state index in [1.807, 2.05) is 0 Å². The molecule has 3 rings (SSSR count). The van der Waals surface area contributed by atoms with Crippen molar-refractivity contribution in [2.75, 3.05) is 25.0 Å². The maximum Gasteiger partial charge on any atom is 0.231 e. The summed E-state index contributed by atoms with van der Waals surface area (Å²) >= 11 is 0. The Labute approximate surface area is 125 Å². The molecular formula is C16H23N3O2. The Morgan fingerprint density at radius 3 is 3.05 bits per heavy atom. The molecule has 0 unspecified atom stereocenters. The third-order valence-electron chi connectivity index (χ3n) is 4.41. The summed E-state index contributed by atoms with van der Waals surface area (Å²) in [6.07, 6.45) is 2.28. The van der Waals surface area contributed by atoms with Crippen LogP contribution < -0.4 is 11.1 Å². The van der Waals surface area contributed by atoms with E-state index in [0.29, 0.717) is 12.6 Å². The largest absolute Gasteiger partial charge is 0.380 e. The van der Waals surface area contributed by atoms with Gasteiger partial charge in [0.1, 0.15) is 0 Å². The third kappa shape index (κ3) is 3.36. The van der Waals surface area contributed by atoms with Gasteiger partial charge in [0.25, 0.3) is 0 Å². The molecule has 0 saturated carbocycles.